The van der Waals surface area contributed by atoms with E-state index in [1.165, 1.54) is 233 Å². The third kappa shape index (κ3) is 78.1. The molecule has 11 heteroatoms. The Morgan fingerprint density at radius 3 is 0.603 bits per heavy atom. The lowest BCUT2D eigenvalue weighted by Gasteiger charge is -2.31. The first-order valence-corrected chi connectivity index (χ1v) is 57.2. The third-order valence-electron chi connectivity index (χ3n) is 26.6. The van der Waals surface area contributed by atoms with Gasteiger partial charge in [-0.3, -0.25) is 49.0 Å². The molecule has 0 amide bonds. The molecule has 10 aliphatic heterocycles. The van der Waals surface area contributed by atoms with Gasteiger partial charge in [0.1, 0.15) is 0 Å². The Morgan fingerprint density at radius 2 is 0.397 bits per heavy atom. The summed E-state index contributed by atoms with van der Waals surface area (Å²) in [6, 6.07) is 2.20. The molecule has 8 atom stereocenters. The molecule has 11 aliphatic rings. The van der Waals surface area contributed by atoms with Gasteiger partial charge in [-0.1, -0.05) is 172 Å². The number of hydrogen-bond acceptors (Lipinski definition) is 11. The van der Waals surface area contributed by atoms with Crippen molar-refractivity contribution in [2.24, 2.45) is 95.6 Å². The lowest BCUT2D eigenvalue weighted by atomic mass is 9.97. The van der Waals surface area contributed by atoms with E-state index in [0.29, 0.717) is 6.10 Å². The van der Waals surface area contributed by atoms with Crippen LogP contribution in [0.2, 0.25) is 0 Å². The molecule has 4 unspecified atom stereocenters. The van der Waals surface area contributed by atoms with Gasteiger partial charge >= 0.3 is 0 Å². The second-order valence-corrected chi connectivity index (χ2v) is 54.8. The number of fused-ring (bicyclic) bond motifs is 1. The smallest absolute Gasteiger partial charge is 0.0604 e. The van der Waals surface area contributed by atoms with Gasteiger partial charge in [0.15, 0.2) is 0 Å². The first-order valence-electron chi connectivity index (χ1n) is 57.2. The van der Waals surface area contributed by atoms with Crippen molar-refractivity contribution in [3.05, 3.63) is 0 Å². The largest absolute Gasteiger partial charge is 0.381 e. The Balaban J connectivity index is 0.000000530. The number of likely N-dealkylation sites (tertiary alicyclic amines) is 10. The van der Waals surface area contributed by atoms with E-state index >= 15 is 0 Å². The Morgan fingerprint density at radius 1 is 0.191 bits per heavy atom. The van der Waals surface area contributed by atoms with E-state index in [0.717, 1.165) is 151 Å². The van der Waals surface area contributed by atoms with Gasteiger partial charge in [-0.05, 0) is 470 Å². The molecule has 804 valence electrons. The SMILES string of the molecule is CC(C)(C)C#CCN1CCC2CC2C1.CC1CCCCN1CC#CC(C)(C)C.CC1CCCN(CC#CC(C)(C)C)C1.CC1CCN(CC#CC(C)(C)C)CC1.CC1CCN(CC#CC(C)(C)C)CC1.COC1CCN(CC#CC(C)(C)C)CC1.C[C@@H]1CCCCN1CC#CC(C)(C)C.C[C@@H]1CCCN(CC#CC(C)(C)C)C1.C[C@H]1CCCCN1CC#CC(C)(C)C.C[C@H]1CCCN(CC#CC(C)(C)C)C1. The summed E-state index contributed by atoms with van der Waals surface area (Å²) < 4.78 is 5.34. The molecule has 0 aromatic heterocycles. The number of hydrogen-bond donors (Lipinski definition) is 0. The summed E-state index contributed by atoms with van der Waals surface area (Å²) in [5, 5.41) is 0. The second kappa shape index (κ2) is 68.0. The standard InChI is InChI=1S/C13H23NO.C13H21N.8C13H23N/c1-13(2,3)8-5-9-14-10-6-12(15-4)7-11-14;1-13(2,3)6-4-7-14-8-5-11-9-12(11)10-14;2*1-12-6-10-14(11-7-12)9-5-8-13(2,3)4;3*1-12-7-5-9-14(11-12)10-6-8-13(2,3)4;3*1-12-8-5-6-10-14(12)11-7-9-13(2,3)4/h12H,6-7,9-11H2,1-4H3;11-12H,5,7-10H2,1-3H3;2*12H,6-7,9-11H2,1-4H3;3*12H,5,7,9-11H2,1-4H3;3*12H,5-6,8,10-11H2,1-4H3/t;;;;2*12-;;2*12-;/m....10.10./s1. The van der Waals surface area contributed by atoms with Crippen molar-refractivity contribution in [1.29, 1.82) is 0 Å². The van der Waals surface area contributed by atoms with E-state index in [-0.39, 0.29) is 54.1 Å². The molecule has 11 rings (SSSR count). The average Bonchev–Trinajstić information content (AvgIpc) is 1.66. The van der Waals surface area contributed by atoms with Crippen LogP contribution in [0, 0.1) is 214 Å². The topological polar surface area (TPSA) is 41.6 Å². The van der Waals surface area contributed by atoms with E-state index in [1.807, 2.05) is 0 Å². The molecule has 1 aliphatic carbocycles. The van der Waals surface area contributed by atoms with Crippen LogP contribution in [0.1, 0.15) is 411 Å². The number of nitrogens with zero attached hydrogens (tertiary/aromatic N) is 10. The molecule has 11 nitrogen and oxygen atoms in total. The fourth-order valence-electron chi connectivity index (χ4n) is 18.1. The Bertz CT molecular complexity index is 3680. The first kappa shape index (κ1) is 132. The first-order chi connectivity index (χ1) is 65.4. The predicted molar refractivity (Wildman–Crippen MR) is 620 cm³/mol. The molecule has 11 fully saturated rings. The summed E-state index contributed by atoms with van der Waals surface area (Å²) >= 11 is 0. The van der Waals surface area contributed by atoms with Crippen molar-refractivity contribution < 1.29 is 4.74 Å². The predicted octanol–water partition coefficient (Wildman–Crippen LogP) is 27.1. The fourth-order valence-corrected chi connectivity index (χ4v) is 18.1. The van der Waals surface area contributed by atoms with Crippen LogP contribution in [0.15, 0.2) is 0 Å². The van der Waals surface area contributed by atoms with Crippen molar-refractivity contribution in [2.75, 3.05) is 184 Å². The molecule has 0 spiro atoms. The zero-order chi connectivity index (χ0) is 106. The van der Waals surface area contributed by atoms with Gasteiger partial charge in [-0.2, -0.15) is 0 Å². The molecule has 0 aromatic rings. The van der Waals surface area contributed by atoms with E-state index in [1.54, 1.807) is 7.11 Å². The van der Waals surface area contributed by atoms with E-state index in [4.69, 9.17) is 4.74 Å². The molecular formula is C130H228N10O. The van der Waals surface area contributed by atoms with Gasteiger partial charge < -0.3 is 4.74 Å². The van der Waals surface area contributed by atoms with Crippen LogP contribution in [0.5, 0.6) is 0 Å². The minimum absolute atomic E-state index is 0.130. The van der Waals surface area contributed by atoms with Gasteiger partial charge in [0.25, 0.3) is 0 Å². The Hall–Kier alpha value is -4.84. The molecule has 10 heterocycles. The maximum Gasteiger partial charge on any atom is 0.0604 e. The highest BCUT2D eigenvalue weighted by atomic mass is 16.5. The van der Waals surface area contributed by atoms with Crippen molar-refractivity contribution in [3.8, 4) is 118 Å². The van der Waals surface area contributed by atoms with E-state index in [9.17, 15) is 0 Å². The Kier molecular flexibility index (Phi) is 63.8. The molecule has 0 aromatic carbocycles. The second-order valence-electron chi connectivity index (χ2n) is 54.8. The van der Waals surface area contributed by atoms with Gasteiger partial charge in [0.05, 0.1) is 71.6 Å². The van der Waals surface area contributed by atoms with Crippen LogP contribution in [0.3, 0.4) is 0 Å². The highest BCUT2D eigenvalue weighted by Gasteiger charge is 2.41. The highest BCUT2D eigenvalue weighted by Crippen LogP contribution is 2.44. The molecular weight excluding hydrogens is 1720 g/mol. The molecule has 0 radical (unpaired) electrons. The molecule has 1 saturated carbocycles. The number of piperidine rings is 10. The summed E-state index contributed by atoms with van der Waals surface area (Å²) in [5.74, 6) is 72.4. The van der Waals surface area contributed by atoms with Crippen LogP contribution < -0.4 is 0 Å². The minimum atomic E-state index is 0.130. The summed E-state index contributed by atoms with van der Waals surface area (Å²) in [5.41, 5.74) is 1.52. The van der Waals surface area contributed by atoms with Crippen LogP contribution in [0.25, 0.3) is 0 Å². The van der Waals surface area contributed by atoms with Crippen LogP contribution >= 0.6 is 0 Å². The summed E-state index contributed by atoms with van der Waals surface area (Å²) in [7, 11) is 1.81. The number of methoxy groups -OCH3 is 1. The normalized spacial score (nSPS) is 23.7. The quantitative estimate of drug-likeness (QED) is 0.186. The van der Waals surface area contributed by atoms with Gasteiger partial charge in [0, 0.05) is 119 Å². The maximum absolute atomic E-state index is 5.34. The summed E-state index contributed by atoms with van der Waals surface area (Å²) in [6.07, 6.45) is 31.5. The van der Waals surface area contributed by atoms with Gasteiger partial charge in [0.2, 0.25) is 0 Å². The maximum atomic E-state index is 5.34. The van der Waals surface area contributed by atoms with Crippen molar-refractivity contribution in [3.63, 3.8) is 0 Å². The molecule has 141 heavy (non-hydrogen) atoms. The third-order valence-corrected chi connectivity index (χ3v) is 26.6. The summed E-state index contributed by atoms with van der Waals surface area (Å²) in [4.78, 5) is 24.8. The van der Waals surface area contributed by atoms with Crippen molar-refractivity contribution in [2.45, 2.75) is 435 Å². The monoisotopic (exact) mass is 1950 g/mol. The zero-order valence-electron chi connectivity index (χ0n) is 101. The van der Waals surface area contributed by atoms with Crippen molar-refractivity contribution in [1.82, 2.24) is 49.0 Å². The Labute approximate surface area is 881 Å². The van der Waals surface area contributed by atoms with Gasteiger partial charge in [-0.25, -0.2) is 0 Å². The zero-order valence-corrected chi connectivity index (χ0v) is 101. The molecule has 10 saturated heterocycles. The number of ether oxygens (including phenoxy) is 1. The van der Waals surface area contributed by atoms with Crippen molar-refractivity contribution >= 4 is 0 Å². The van der Waals surface area contributed by atoms with E-state index in [2.05, 4.69) is 431 Å². The van der Waals surface area contributed by atoms with Gasteiger partial charge in [-0.15, -0.1) is 0 Å². The van der Waals surface area contributed by atoms with Crippen LogP contribution in [-0.2, 0) is 4.74 Å². The molecule has 0 bridgehead atoms. The lowest BCUT2D eigenvalue weighted by molar-refractivity contribution is 0.0450. The lowest BCUT2D eigenvalue weighted by Crippen LogP contribution is -2.37. The summed E-state index contributed by atoms with van der Waals surface area (Å²) in [6.45, 7) is 114. The fraction of sp³-hybridized carbons (Fsp3) is 0.846. The van der Waals surface area contributed by atoms with E-state index < -0.39 is 0 Å². The number of rotatable bonds is 11. The van der Waals surface area contributed by atoms with Crippen LogP contribution in [-0.4, -0.2) is 257 Å². The minimum Gasteiger partial charge on any atom is -0.381 e. The average molecular weight is 1950 g/mol. The molecule has 0 N–H and O–H groups in total. The highest BCUT2D eigenvalue weighted by molar-refractivity contribution is 5.16. The van der Waals surface area contributed by atoms with Crippen LogP contribution in [0.4, 0.5) is 0 Å².